The molecule has 2 aromatic rings. The molecule has 0 aromatic carbocycles. The van der Waals surface area contributed by atoms with Gasteiger partial charge in [-0.05, 0) is 31.9 Å². The molecule has 0 aliphatic rings. The highest BCUT2D eigenvalue weighted by atomic mass is 79.9. The molecule has 0 aliphatic carbocycles. The van der Waals surface area contributed by atoms with Crippen LogP contribution in [0.1, 0.15) is 31.2 Å². The van der Waals surface area contributed by atoms with Crippen molar-refractivity contribution in [2.45, 2.75) is 26.3 Å². The third-order valence-electron chi connectivity index (χ3n) is 2.30. The number of pyridine rings is 1. The van der Waals surface area contributed by atoms with Gasteiger partial charge in [0.15, 0.2) is 0 Å². The third kappa shape index (κ3) is 3.08. The van der Waals surface area contributed by atoms with Crippen LogP contribution in [-0.4, -0.2) is 15.2 Å². The van der Waals surface area contributed by atoms with E-state index in [0.717, 1.165) is 14.5 Å². The Morgan fingerprint density at radius 1 is 1.22 bits per heavy atom. The van der Waals surface area contributed by atoms with Gasteiger partial charge in [0.2, 0.25) is 5.89 Å². The van der Waals surface area contributed by atoms with Crippen molar-refractivity contribution in [3.8, 4) is 0 Å². The van der Waals surface area contributed by atoms with E-state index in [1.54, 1.807) is 12.4 Å². The zero-order chi connectivity index (χ0) is 13.1. The molecule has 5 nitrogen and oxygen atoms in total. The maximum Gasteiger partial charge on any atom is 0.315 e. The van der Waals surface area contributed by atoms with Gasteiger partial charge in [-0.15, -0.1) is 5.10 Å². The molecule has 2 aromatic heterocycles. The van der Waals surface area contributed by atoms with E-state index in [1.807, 2.05) is 13.8 Å². The molecule has 18 heavy (non-hydrogen) atoms. The summed E-state index contributed by atoms with van der Waals surface area (Å²) in [6.07, 6.45) is 3.49. The molecule has 0 amide bonds. The quantitative estimate of drug-likeness (QED) is 0.881. The Hall–Kier alpha value is -0.950. The van der Waals surface area contributed by atoms with Crippen LogP contribution in [0, 0.1) is 0 Å². The second-order valence-corrected chi connectivity index (χ2v) is 5.74. The van der Waals surface area contributed by atoms with E-state index in [0.29, 0.717) is 18.5 Å². The zero-order valence-electron chi connectivity index (χ0n) is 9.94. The van der Waals surface area contributed by atoms with Gasteiger partial charge < -0.3 is 9.73 Å². The van der Waals surface area contributed by atoms with Crippen LogP contribution in [0.15, 0.2) is 25.8 Å². The Morgan fingerprint density at radius 3 is 2.44 bits per heavy atom. The number of hydrogen-bond acceptors (Lipinski definition) is 5. The van der Waals surface area contributed by atoms with Crippen molar-refractivity contribution >= 4 is 37.9 Å². The lowest BCUT2D eigenvalue weighted by atomic mass is 10.2. The SMILES string of the molecule is CC(C)c1nnc(NCc2c(Br)cncc2Br)o1. The van der Waals surface area contributed by atoms with E-state index >= 15 is 0 Å². The van der Waals surface area contributed by atoms with E-state index in [-0.39, 0.29) is 5.92 Å². The first-order valence-corrected chi connectivity index (χ1v) is 7.01. The fourth-order valence-corrected chi connectivity index (χ4v) is 2.52. The van der Waals surface area contributed by atoms with Crippen molar-refractivity contribution < 1.29 is 4.42 Å². The largest absolute Gasteiger partial charge is 0.408 e. The number of nitrogens with zero attached hydrogens (tertiary/aromatic N) is 3. The molecule has 0 radical (unpaired) electrons. The van der Waals surface area contributed by atoms with E-state index < -0.39 is 0 Å². The van der Waals surface area contributed by atoms with Gasteiger partial charge in [-0.1, -0.05) is 18.9 Å². The van der Waals surface area contributed by atoms with Crippen LogP contribution < -0.4 is 5.32 Å². The fraction of sp³-hybridized carbons (Fsp3) is 0.364. The molecule has 2 rings (SSSR count). The summed E-state index contributed by atoms with van der Waals surface area (Å²) in [5.74, 6) is 0.859. The molecule has 7 heteroatoms. The number of halogens is 2. The third-order valence-corrected chi connectivity index (χ3v) is 3.67. The minimum Gasteiger partial charge on any atom is -0.408 e. The van der Waals surface area contributed by atoms with Gasteiger partial charge in [0.1, 0.15) is 0 Å². The van der Waals surface area contributed by atoms with Crippen molar-refractivity contribution in [2.75, 3.05) is 5.32 Å². The highest BCUT2D eigenvalue weighted by molar-refractivity contribution is 9.11. The van der Waals surface area contributed by atoms with Crippen LogP contribution in [0.4, 0.5) is 6.01 Å². The predicted molar refractivity (Wildman–Crippen MR) is 75.4 cm³/mol. The van der Waals surface area contributed by atoms with Crippen LogP contribution in [0.5, 0.6) is 0 Å². The monoisotopic (exact) mass is 374 g/mol. The first-order chi connectivity index (χ1) is 8.58. The smallest absolute Gasteiger partial charge is 0.315 e. The number of nitrogens with one attached hydrogen (secondary N) is 1. The van der Waals surface area contributed by atoms with E-state index in [1.165, 1.54) is 0 Å². The molecule has 0 spiro atoms. The summed E-state index contributed by atoms with van der Waals surface area (Å²) < 4.78 is 7.32. The van der Waals surface area contributed by atoms with Crippen molar-refractivity contribution in [3.05, 3.63) is 32.8 Å². The number of hydrogen-bond donors (Lipinski definition) is 1. The molecule has 0 unspecified atom stereocenters. The molecule has 0 saturated carbocycles. The molecule has 1 N–H and O–H groups in total. The summed E-state index contributed by atoms with van der Waals surface area (Å²) in [4.78, 5) is 4.05. The number of aromatic nitrogens is 3. The molecular weight excluding hydrogens is 364 g/mol. The Bertz CT molecular complexity index is 521. The molecule has 0 fully saturated rings. The molecule has 0 aliphatic heterocycles. The summed E-state index contributed by atoms with van der Waals surface area (Å²) in [5, 5.41) is 11.0. The number of anilines is 1. The Kier molecular flexibility index (Phi) is 4.34. The topological polar surface area (TPSA) is 63.8 Å². The lowest BCUT2D eigenvalue weighted by Gasteiger charge is -2.06. The summed E-state index contributed by atoms with van der Waals surface area (Å²) in [6.45, 7) is 4.59. The minimum atomic E-state index is 0.229. The van der Waals surface area contributed by atoms with E-state index in [4.69, 9.17) is 4.42 Å². The Balaban J connectivity index is 2.07. The Morgan fingerprint density at radius 2 is 1.89 bits per heavy atom. The van der Waals surface area contributed by atoms with Crippen LogP contribution in [0.2, 0.25) is 0 Å². The van der Waals surface area contributed by atoms with E-state index in [2.05, 4.69) is 52.4 Å². The van der Waals surface area contributed by atoms with Gasteiger partial charge in [-0.3, -0.25) is 4.98 Å². The van der Waals surface area contributed by atoms with Gasteiger partial charge in [0, 0.05) is 39.4 Å². The second kappa shape index (κ2) is 5.79. The summed E-state index contributed by atoms with van der Waals surface area (Å²) in [6, 6.07) is 0.425. The summed E-state index contributed by atoms with van der Waals surface area (Å²) >= 11 is 6.90. The van der Waals surface area contributed by atoms with Crippen LogP contribution in [0.25, 0.3) is 0 Å². The molecule has 0 atom stereocenters. The maximum atomic E-state index is 5.47. The van der Waals surface area contributed by atoms with Crippen molar-refractivity contribution in [1.29, 1.82) is 0 Å². The van der Waals surface area contributed by atoms with Crippen LogP contribution >= 0.6 is 31.9 Å². The average Bonchev–Trinajstić information content (AvgIpc) is 2.77. The van der Waals surface area contributed by atoms with Gasteiger partial charge in [-0.2, -0.15) is 0 Å². The van der Waals surface area contributed by atoms with Gasteiger partial charge in [0.05, 0.1) is 0 Å². The molecule has 0 bridgehead atoms. The fourth-order valence-electron chi connectivity index (χ4n) is 1.31. The maximum absolute atomic E-state index is 5.47. The first-order valence-electron chi connectivity index (χ1n) is 5.43. The lowest BCUT2D eigenvalue weighted by molar-refractivity contribution is 0.480. The standard InChI is InChI=1S/C11H12Br2N4O/c1-6(2)10-16-17-11(18-10)15-3-7-8(12)4-14-5-9(7)13/h4-6H,3H2,1-2H3,(H,15,17). The first kappa shape index (κ1) is 13.5. The minimum absolute atomic E-state index is 0.229. The average molecular weight is 376 g/mol. The lowest BCUT2D eigenvalue weighted by Crippen LogP contribution is -2.01. The van der Waals surface area contributed by atoms with Crippen molar-refractivity contribution in [3.63, 3.8) is 0 Å². The Labute approximate surface area is 122 Å². The normalized spacial score (nSPS) is 10.9. The van der Waals surface area contributed by atoms with E-state index in [9.17, 15) is 0 Å². The van der Waals surface area contributed by atoms with Crippen LogP contribution in [0.3, 0.4) is 0 Å². The van der Waals surface area contributed by atoms with Gasteiger partial charge in [-0.25, -0.2) is 0 Å². The zero-order valence-corrected chi connectivity index (χ0v) is 13.1. The number of rotatable bonds is 4. The summed E-state index contributed by atoms with van der Waals surface area (Å²) in [5.41, 5.74) is 1.05. The molecule has 2 heterocycles. The summed E-state index contributed by atoms with van der Waals surface area (Å²) in [7, 11) is 0. The molecule has 96 valence electrons. The molecule has 0 saturated heterocycles. The van der Waals surface area contributed by atoms with Gasteiger partial charge in [0.25, 0.3) is 0 Å². The predicted octanol–water partition coefficient (Wildman–Crippen LogP) is 3.73. The highest BCUT2D eigenvalue weighted by Crippen LogP contribution is 2.24. The van der Waals surface area contributed by atoms with Gasteiger partial charge >= 0.3 is 6.01 Å². The van der Waals surface area contributed by atoms with Crippen molar-refractivity contribution in [1.82, 2.24) is 15.2 Å². The molecular formula is C11H12Br2N4O. The van der Waals surface area contributed by atoms with Crippen LogP contribution in [-0.2, 0) is 6.54 Å². The second-order valence-electron chi connectivity index (χ2n) is 4.04. The highest BCUT2D eigenvalue weighted by Gasteiger charge is 2.10. The van der Waals surface area contributed by atoms with Crippen molar-refractivity contribution in [2.24, 2.45) is 0 Å².